The number of nitriles is 1. The van der Waals surface area contributed by atoms with E-state index in [1.54, 1.807) is 17.6 Å². The molecule has 0 saturated heterocycles. The highest BCUT2D eigenvalue weighted by molar-refractivity contribution is 7.16. The fourth-order valence-electron chi connectivity index (χ4n) is 2.62. The van der Waals surface area contributed by atoms with Crippen LogP contribution >= 0.6 is 11.3 Å². The molecule has 0 aliphatic rings. The Morgan fingerprint density at radius 2 is 2.00 bits per heavy atom. The fourth-order valence-corrected chi connectivity index (χ4v) is 3.70. The largest absolute Gasteiger partial charge is 0.466 e. The molecule has 0 N–H and O–H groups in total. The molecule has 3 aromatic rings. The lowest BCUT2D eigenvalue weighted by Crippen LogP contribution is -2.19. The summed E-state index contributed by atoms with van der Waals surface area (Å²) in [6, 6.07) is 12.4. The van der Waals surface area contributed by atoms with E-state index in [1.165, 1.54) is 36.4 Å². The molecule has 2 aromatic carbocycles. The summed E-state index contributed by atoms with van der Waals surface area (Å²) in [6.07, 6.45) is 0.106. The number of nitrogens with zero attached hydrogens (tertiary/aromatic N) is 3. The Kier molecular flexibility index (Phi) is 5.96. The summed E-state index contributed by atoms with van der Waals surface area (Å²) in [7, 11) is 0. The number of rotatable bonds is 5. The van der Waals surface area contributed by atoms with Gasteiger partial charge in [-0.15, -0.1) is 0 Å². The quantitative estimate of drug-likeness (QED) is 0.618. The molecule has 0 aliphatic heterocycles. The summed E-state index contributed by atoms with van der Waals surface area (Å²) in [5.41, 5.74) is 1.46. The summed E-state index contributed by atoms with van der Waals surface area (Å²) in [4.78, 5) is 28.8. The molecule has 0 atom stereocenters. The van der Waals surface area contributed by atoms with E-state index in [-0.39, 0.29) is 25.5 Å². The molecule has 1 aromatic heterocycles. The molecule has 0 radical (unpaired) electrons. The molecule has 0 saturated carbocycles. The normalized spacial score (nSPS) is 11.4. The van der Waals surface area contributed by atoms with E-state index >= 15 is 0 Å². The van der Waals surface area contributed by atoms with E-state index < -0.39 is 11.7 Å². The number of thiazole rings is 1. The predicted molar refractivity (Wildman–Crippen MR) is 102 cm³/mol. The summed E-state index contributed by atoms with van der Waals surface area (Å²) in [5, 5.41) is 8.86. The van der Waals surface area contributed by atoms with Crippen molar-refractivity contribution in [3.8, 4) is 6.07 Å². The van der Waals surface area contributed by atoms with Gasteiger partial charge in [-0.2, -0.15) is 10.3 Å². The van der Waals surface area contributed by atoms with E-state index in [1.807, 2.05) is 6.07 Å². The molecule has 1 amide bonds. The van der Waals surface area contributed by atoms with Crippen molar-refractivity contribution in [2.75, 3.05) is 6.61 Å². The first-order valence-electron chi connectivity index (χ1n) is 8.55. The lowest BCUT2D eigenvalue weighted by molar-refractivity contribution is -0.143. The molecule has 8 heteroatoms. The van der Waals surface area contributed by atoms with Crippen molar-refractivity contribution in [3.63, 3.8) is 0 Å². The maximum Gasteiger partial charge on any atom is 0.307 e. The van der Waals surface area contributed by atoms with Crippen LogP contribution in [0.15, 0.2) is 47.5 Å². The van der Waals surface area contributed by atoms with Gasteiger partial charge in [0.15, 0.2) is 4.80 Å². The summed E-state index contributed by atoms with van der Waals surface area (Å²) >= 11 is 1.16. The second-order valence-corrected chi connectivity index (χ2v) is 6.82. The van der Waals surface area contributed by atoms with Crippen molar-refractivity contribution < 1.29 is 18.7 Å². The van der Waals surface area contributed by atoms with Crippen LogP contribution in [-0.4, -0.2) is 23.1 Å². The van der Waals surface area contributed by atoms with Crippen LogP contribution in [0.2, 0.25) is 0 Å². The first kappa shape index (κ1) is 19.5. The van der Waals surface area contributed by atoms with Crippen LogP contribution in [0, 0.1) is 17.1 Å². The van der Waals surface area contributed by atoms with Crippen LogP contribution in [-0.2, 0) is 16.1 Å². The molecule has 0 aliphatic carbocycles. The Morgan fingerprint density at radius 1 is 1.25 bits per heavy atom. The summed E-state index contributed by atoms with van der Waals surface area (Å²) in [6.45, 7) is 2.27. The van der Waals surface area contributed by atoms with Gasteiger partial charge in [-0.05, 0) is 49.4 Å². The maximum absolute atomic E-state index is 13.6. The molecular weight excluding hydrogens is 381 g/mol. The van der Waals surface area contributed by atoms with Gasteiger partial charge in [-0.1, -0.05) is 11.3 Å². The number of ether oxygens (including phenoxy) is 1. The van der Waals surface area contributed by atoms with Gasteiger partial charge in [-0.3, -0.25) is 9.59 Å². The van der Waals surface area contributed by atoms with Gasteiger partial charge in [0.2, 0.25) is 0 Å². The van der Waals surface area contributed by atoms with E-state index in [0.717, 1.165) is 11.3 Å². The molecule has 0 fully saturated rings. The monoisotopic (exact) mass is 397 g/mol. The molecule has 6 nitrogen and oxygen atoms in total. The van der Waals surface area contributed by atoms with Gasteiger partial charge in [-0.25, -0.2) is 4.39 Å². The Bertz CT molecular complexity index is 1140. The van der Waals surface area contributed by atoms with E-state index in [4.69, 9.17) is 10.00 Å². The Labute approximate surface area is 164 Å². The van der Waals surface area contributed by atoms with Crippen molar-refractivity contribution in [2.24, 2.45) is 4.99 Å². The van der Waals surface area contributed by atoms with Crippen LogP contribution < -0.4 is 4.80 Å². The lowest BCUT2D eigenvalue weighted by Gasteiger charge is -2.05. The van der Waals surface area contributed by atoms with Crippen LogP contribution in [0.5, 0.6) is 0 Å². The van der Waals surface area contributed by atoms with Gasteiger partial charge >= 0.3 is 5.97 Å². The first-order valence-corrected chi connectivity index (χ1v) is 9.37. The highest BCUT2D eigenvalue weighted by Gasteiger charge is 2.12. The number of aromatic nitrogens is 1. The number of amides is 1. The van der Waals surface area contributed by atoms with Gasteiger partial charge in [0.25, 0.3) is 5.91 Å². The van der Waals surface area contributed by atoms with Crippen molar-refractivity contribution in [3.05, 3.63) is 64.2 Å². The lowest BCUT2D eigenvalue weighted by atomic mass is 10.1. The van der Waals surface area contributed by atoms with Crippen LogP contribution in [0.25, 0.3) is 10.2 Å². The summed E-state index contributed by atoms with van der Waals surface area (Å²) < 4.78 is 20.9. The number of hydrogen-bond acceptors (Lipinski definition) is 5. The van der Waals surface area contributed by atoms with Gasteiger partial charge < -0.3 is 9.30 Å². The highest BCUT2D eigenvalue weighted by atomic mass is 32.1. The number of esters is 1. The highest BCUT2D eigenvalue weighted by Crippen LogP contribution is 2.19. The van der Waals surface area contributed by atoms with Crippen molar-refractivity contribution >= 4 is 33.4 Å². The number of aryl methyl sites for hydroxylation is 1. The Balaban J connectivity index is 2.01. The molecule has 0 bridgehead atoms. The second kappa shape index (κ2) is 8.59. The minimum Gasteiger partial charge on any atom is -0.466 e. The minimum absolute atomic E-state index is 0.106. The number of halogens is 1. The molecule has 3 rings (SSSR count). The van der Waals surface area contributed by atoms with Gasteiger partial charge in [0, 0.05) is 12.1 Å². The van der Waals surface area contributed by atoms with Crippen molar-refractivity contribution in [1.29, 1.82) is 5.26 Å². The van der Waals surface area contributed by atoms with E-state index in [2.05, 4.69) is 4.99 Å². The number of carbonyl (C=O) groups is 2. The molecule has 142 valence electrons. The van der Waals surface area contributed by atoms with Gasteiger partial charge in [0.1, 0.15) is 5.82 Å². The average Bonchev–Trinajstić information content (AvgIpc) is 3.02. The molecular formula is C20H16FN3O3S. The van der Waals surface area contributed by atoms with E-state index in [9.17, 15) is 14.0 Å². The van der Waals surface area contributed by atoms with Gasteiger partial charge in [0.05, 0.1) is 34.9 Å². The molecule has 0 unspecified atom stereocenters. The zero-order chi connectivity index (χ0) is 20.1. The average molecular weight is 397 g/mol. The first-order chi connectivity index (χ1) is 13.5. The second-order valence-electron chi connectivity index (χ2n) is 5.81. The maximum atomic E-state index is 13.6. The number of fused-ring (bicyclic) bond motifs is 1. The Morgan fingerprint density at radius 3 is 2.68 bits per heavy atom. The van der Waals surface area contributed by atoms with Crippen molar-refractivity contribution in [2.45, 2.75) is 19.9 Å². The zero-order valence-electron chi connectivity index (χ0n) is 15.0. The van der Waals surface area contributed by atoms with Crippen molar-refractivity contribution in [1.82, 2.24) is 4.57 Å². The third-order valence-corrected chi connectivity index (χ3v) is 4.99. The third kappa shape index (κ3) is 4.32. The summed E-state index contributed by atoms with van der Waals surface area (Å²) in [5.74, 6) is -1.24. The van der Waals surface area contributed by atoms with Crippen LogP contribution in [0.1, 0.15) is 29.3 Å². The number of hydrogen-bond donors (Lipinski definition) is 0. The molecule has 1 heterocycles. The zero-order valence-corrected chi connectivity index (χ0v) is 15.8. The van der Waals surface area contributed by atoms with E-state index in [0.29, 0.717) is 26.1 Å². The minimum atomic E-state index is -0.485. The Hall–Kier alpha value is -3.31. The predicted octanol–water partition coefficient (Wildman–Crippen LogP) is 3.41. The van der Waals surface area contributed by atoms with Crippen LogP contribution in [0.4, 0.5) is 4.39 Å². The SMILES string of the molecule is CCOC(=O)CCn1c(=NC(=O)c2ccc(C#N)cc2)sc2cc(F)ccc21. The fraction of sp³-hybridized carbons (Fsp3) is 0.200. The number of carbonyl (C=O) groups excluding carboxylic acids is 2. The molecule has 28 heavy (non-hydrogen) atoms. The molecule has 0 spiro atoms. The standard InChI is InChI=1S/C20H16FN3O3S/c1-2-27-18(25)9-10-24-16-8-7-15(21)11-17(16)28-20(24)23-19(26)14-5-3-13(12-22)4-6-14/h3-8,11H,2,9-10H2,1H3. The smallest absolute Gasteiger partial charge is 0.307 e. The number of benzene rings is 2. The topological polar surface area (TPSA) is 84.5 Å². The third-order valence-electron chi connectivity index (χ3n) is 3.95. The van der Waals surface area contributed by atoms with Crippen LogP contribution in [0.3, 0.4) is 0 Å².